The van der Waals surface area contributed by atoms with Crippen LogP contribution >= 0.6 is 11.3 Å². The topological polar surface area (TPSA) is 45.1 Å². The van der Waals surface area contributed by atoms with Gasteiger partial charge < -0.3 is 10.4 Å². The van der Waals surface area contributed by atoms with Crippen LogP contribution in [0.25, 0.3) is 11.3 Å². The monoisotopic (exact) mass is 282 g/mol. The van der Waals surface area contributed by atoms with Gasteiger partial charge in [-0.25, -0.2) is 4.98 Å². The Hall–Kier alpha value is -2.33. The summed E-state index contributed by atoms with van der Waals surface area (Å²) in [6.45, 7) is 2.06. The highest BCUT2D eigenvalue weighted by Crippen LogP contribution is 2.32. The summed E-state index contributed by atoms with van der Waals surface area (Å²) in [5.74, 6) is 0.242. The average molecular weight is 282 g/mol. The smallest absolute Gasteiger partial charge is 0.187 e. The van der Waals surface area contributed by atoms with Crippen molar-refractivity contribution in [1.82, 2.24) is 4.98 Å². The molecule has 3 aromatic rings. The van der Waals surface area contributed by atoms with Crippen LogP contribution < -0.4 is 5.32 Å². The van der Waals surface area contributed by atoms with Crippen LogP contribution in [0.15, 0.2) is 54.6 Å². The molecule has 4 heteroatoms. The lowest BCUT2D eigenvalue weighted by Crippen LogP contribution is -1.89. The number of aromatic hydroxyl groups is 1. The van der Waals surface area contributed by atoms with Crippen molar-refractivity contribution in [2.75, 3.05) is 5.32 Å². The second-order valence-corrected chi connectivity index (χ2v) is 5.67. The molecule has 0 unspecified atom stereocenters. The van der Waals surface area contributed by atoms with Gasteiger partial charge in [-0.2, -0.15) is 0 Å². The first kappa shape index (κ1) is 12.7. The zero-order valence-electron chi connectivity index (χ0n) is 11.0. The Bertz CT molecular complexity index is 722. The summed E-state index contributed by atoms with van der Waals surface area (Å²) in [4.78, 5) is 5.80. The van der Waals surface area contributed by atoms with Gasteiger partial charge in [0.2, 0.25) is 0 Å². The Balaban J connectivity index is 1.90. The van der Waals surface area contributed by atoms with Gasteiger partial charge in [0.05, 0.1) is 5.69 Å². The molecule has 1 heterocycles. The van der Waals surface area contributed by atoms with Gasteiger partial charge in [-0.05, 0) is 19.1 Å². The summed E-state index contributed by atoms with van der Waals surface area (Å²) in [5, 5.41) is 13.5. The van der Waals surface area contributed by atoms with Gasteiger partial charge >= 0.3 is 0 Å². The first-order chi connectivity index (χ1) is 9.72. The fourth-order valence-corrected chi connectivity index (χ4v) is 2.88. The number of phenolic OH excluding ortho intramolecular Hbond substituents is 1. The molecule has 3 rings (SSSR count). The molecule has 2 aromatic carbocycles. The summed E-state index contributed by atoms with van der Waals surface area (Å²) < 4.78 is 0. The van der Waals surface area contributed by atoms with Gasteiger partial charge in [-0.15, -0.1) is 11.3 Å². The number of aryl methyl sites for hydroxylation is 1. The van der Waals surface area contributed by atoms with Gasteiger partial charge in [0.25, 0.3) is 0 Å². The second kappa shape index (κ2) is 5.35. The minimum atomic E-state index is 0.242. The third kappa shape index (κ3) is 2.65. The SMILES string of the molecule is Cc1sc(Nc2cccc(O)c2)nc1-c1ccccc1. The molecule has 0 spiro atoms. The number of nitrogens with zero attached hydrogens (tertiary/aromatic N) is 1. The lowest BCUT2D eigenvalue weighted by Gasteiger charge is -2.02. The highest BCUT2D eigenvalue weighted by Gasteiger charge is 2.09. The molecule has 0 fully saturated rings. The van der Waals surface area contributed by atoms with E-state index >= 15 is 0 Å². The van der Waals surface area contributed by atoms with Crippen LogP contribution in [0, 0.1) is 6.92 Å². The minimum Gasteiger partial charge on any atom is -0.508 e. The predicted octanol–water partition coefficient (Wildman–Crippen LogP) is 4.57. The molecule has 0 aliphatic heterocycles. The van der Waals surface area contributed by atoms with E-state index in [1.165, 1.54) is 4.88 Å². The largest absolute Gasteiger partial charge is 0.508 e. The molecule has 0 saturated heterocycles. The normalized spacial score (nSPS) is 10.4. The fraction of sp³-hybridized carbons (Fsp3) is 0.0625. The molecule has 2 N–H and O–H groups in total. The van der Waals surface area contributed by atoms with Crippen molar-refractivity contribution in [3.05, 3.63) is 59.5 Å². The van der Waals surface area contributed by atoms with Crippen molar-refractivity contribution in [3.63, 3.8) is 0 Å². The van der Waals surface area contributed by atoms with Gasteiger partial charge in [0.1, 0.15) is 5.75 Å². The van der Waals surface area contributed by atoms with Crippen LogP contribution in [-0.2, 0) is 0 Å². The van der Waals surface area contributed by atoms with E-state index in [1.807, 2.05) is 24.3 Å². The quantitative estimate of drug-likeness (QED) is 0.739. The molecule has 0 radical (unpaired) electrons. The first-order valence-electron chi connectivity index (χ1n) is 6.31. The highest BCUT2D eigenvalue weighted by atomic mass is 32.1. The first-order valence-corrected chi connectivity index (χ1v) is 7.13. The summed E-state index contributed by atoms with van der Waals surface area (Å²) in [7, 11) is 0. The zero-order valence-corrected chi connectivity index (χ0v) is 11.8. The molecule has 3 nitrogen and oxygen atoms in total. The standard InChI is InChI=1S/C16H14N2OS/c1-11-15(12-6-3-2-4-7-12)18-16(20-11)17-13-8-5-9-14(19)10-13/h2-10,19H,1H3,(H,17,18). The number of thiazole rings is 1. The number of aromatic nitrogens is 1. The Morgan fingerprint density at radius 1 is 1.05 bits per heavy atom. The molecule has 1 aromatic heterocycles. The van der Waals surface area contributed by atoms with Crippen molar-refractivity contribution in [2.24, 2.45) is 0 Å². The molecular formula is C16H14N2OS. The Morgan fingerprint density at radius 2 is 1.85 bits per heavy atom. The van der Waals surface area contributed by atoms with E-state index in [2.05, 4.69) is 29.4 Å². The van der Waals surface area contributed by atoms with Crippen LogP contribution in [0.2, 0.25) is 0 Å². The summed E-state index contributed by atoms with van der Waals surface area (Å²) >= 11 is 1.61. The molecule has 0 aliphatic rings. The fourth-order valence-electron chi connectivity index (χ4n) is 2.02. The lowest BCUT2D eigenvalue weighted by molar-refractivity contribution is 0.475. The Morgan fingerprint density at radius 3 is 2.60 bits per heavy atom. The molecule has 20 heavy (non-hydrogen) atoms. The van der Waals surface area contributed by atoms with Crippen molar-refractivity contribution < 1.29 is 5.11 Å². The zero-order chi connectivity index (χ0) is 13.9. The van der Waals surface area contributed by atoms with E-state index < -0.39 is 0 Å². The van der Waals surface area contributed by atoms with Crippen LogP contribution in [0.1, 0.15) is 4.88 Å². The van der Waals surface area contributed by atoms with Crippen molar-refractivity contribution in [3.8, 4) is 17.0 Å². The lowest BCUT2D eigenvalue weighted by atomic mass is 10.1. The Labute approximate surface area is 121 Å². The summed E-state index contributed by atoms with van der Waals surface area (Å²) in [6.07, 6.45) is 0. The van der Waals surface area contributed by atoms with Gasteiger partial charge in [0, 0.05) is 22.2 Å². The van der Waals surface area contributed by atoms with E-state index in [0.717, 1.165) is 22.1 Å². The molecular weight excluding hydrogens is 268 g/mol. The predicted molar refractivity (Wildman–Crippen MR) is 83.7 cm³/mol. The number of hydrogen-bond donors (Lipinski definition) is 2. The molecule has 0 aliphatic carbocycles. The third-order valence-electron chi connectivity index (χ3n) is 2.94. The van der Waals surface area contributed by atoms with Crippen molar-refractivity contribution in [1.29, 1.82) is 0 Å². The Kier molecular flexibility index (Phi) is 3.39. The minimum absolute atomic E-state index is 0.242. The van der Waals surface area contributed by atoms with E-state index in [0.29, 0.717) is 0 Å². The van der Waals surface area contributed by atoms with Crippen molar-refractivity contribution >= 4 is 22.2 Å². The maximum Gasteiger partial charge on any atom is 0.187 e. The second-order valence-electron chi connectivity index (χ2n) is 4.47. The molecule has 0 saturated carbocycles. The average Bonchev–Trinajstić information content (AvgIpc) is 2.80. The van der Waals surface area contributed by atoms with Gasteiger partial charge in [0.15, 0.2) is 5.13 Å². The van der Waals surface area contributed by atoms with Gasteiger partial charge in [-0.1, -0.05) is 36.4 Å². The molecule has 0 bridgehead atoms. The van der Waals surface area contributed by atoms with E-state index in [1.54, 1.807) is 29.5 Å². The summed E-state index contributed by atoms with van der Waals surface area (Å²) in [5.41, 5.74) is 2.95. The number of benzene rings is 2. The van der Waals surface area contributed by atoms with E-state index in [4.69, 9.17) is 0 Å². The molecule has 100 valence electrons. The highest BCUT2D eigenvalue weighted by molar-refractivity contribution is 7.16. The molecule has 0 atom stereocenters. The number of rotatable bonds is 3. The number of nitrogens with one attached hydrogen (secondary N) is 1. The van der Waals surface area contributed by atoms with Gasteiger partial charge in [-0.3, -0.25) is 0 Å². The van der Waals surface area contributed by atoms with Crippen LogP contribution in [0.3, 0.4) is 0 Å². The maximum absolute atomic E-state index is 9.47. The maximum atomic E-state index is 9.47. The summed E-state index contributed by atoms with van der Waals surface area (Å²) in [6, 6.07) is 17.2. The van der Waals surface area contributed by atoms with Crippen LogP contribution in [0.4, 0.5) is 10.8 Å². The number of phenols is 1. The molecule has 0 amide bonds. The third-order valence-corrected chi connectivity index (χ3v) is 3.83. The van der Waals surface area contributed by atoms with Crippen molar-refractivity contribution in [2.45, 2.75) is 6.92 Å². The number of hydrogen-bond acceptors (Lipinski definition) is 4. The van der Waals surface area contributed by atoms with E-state index in [-0.39, 0.29) is 5.75 Å². The van der Waals surface area contributed by atoms with Crippen LogP contribution in [-0.4, -0.2) is 10.1 Å². The van der Waals surface area contributed by atoms with E-state index in [9.17, 15) is 5.11 Å². The number of anilines is 2. The van der Waals surface area contributed by atoms with Crippen LogP contribution in [0.5, 0.6) is 5.75 Å².